The molecule has 1 heterocycles. The van der Waals surface area contributed by atoms with Crippen LogP contribution in [0.1, 0.15) is 63.1 Å². The monoisotopic (exact) mass is 222 g/mol. The fourth-order valence-electron chi connectivity index (χ4n) is 2.19. The predicted octanol–water partition coefficient (Wildman–Crippen LogP) is 2.13. The minimum Gasteiger partial charge on any atom is -0.321 e. The van der Waals surface area contributed by atoms with Crippen molar-refractivity contribution in [1.82, 2.24) is 14.8 Å². The van der Waals surface area contributed by atoms with Gasteiger partial charge in [0.15, 0.2) is 5.82 Å². The molecule has 1 fully saturated rings. The Morgan fingerprint density at radius 3 is 2.62 bits per heavy atom. The van der Waals surface area contributed by atoms with E-state index in [0.717, 1.165) is 18.1 Å². The lowest BCUT2D eigenvalue weighted by Gasteiger charge is -2.21. The molecule has 1 saturated carbocycles. The van der Waals surface area contributed by atoms with Gasteiger partial charge in [-0.25, -0.2) is 4.98 Å². The molecule has 0 aliphatic heterocycles. The zero-order valence-corrected chi connectivity index (χ0v) is 10.5. The van der Waals surface area contributed by atoms with Gasteiger partial charge in [0, 0.05) is 13.0 Å². The summed E-state index contributed by atoms with van der Waals surface area (Å²) in [7, 11) is 1.95. The molecule has 1 aromatic rings. The van der Waals surface area contributed by atoms with E-state index in [1.807, 2.05) is 11.7 Å². The van der Waals surface area contributed by atoms with E-state index in [2.05, 4.69) is 23.9 Å². The molecule has 2 N–H and O–H groups in total. The van der Waals surface area contributed by atoms with Crippen molar-refractivity contribution in [3.05, 3.63) is 11.6 Å². The van der Waals surface area contributed by atoms with E-state index in [1.165, 1.54) is 19.3 Å². The molecule has 0 saturated heterocycles. The standard InChI is InChI=1S/C12H22N4/c1-8(2)7-10(13)12-14-11(15-16(12)3)9-5-4-6-9/h8-10H,4-7,13H2,1-3H3/t10-/m1/s1. The Morgan fingerprint density at radius 2 is 2.12 bits per heavy atom. The smallest absolute Gasteiger partial charge is 0.154 e. The van der Waals surface area contributed by atoms with E-state index in [-0.39, 0.29) is 6.04 Å². The summed E-state index contributed by atoms with van der Waals surface area (Å²) >= 11 is 0. The number of nitrogens with zero attached hydrogens (tertiary/aromatic N) is 3. The molecule has 2 rings (SSSR count). The second-order valence-corrected chi connectivity index (χ2v) is 5.32. The van der Waals surface area contributed by atoms with Crippen molar-refractivity contribution in [2.45, 2.75) is 51.5 Å². The lowest BCUT2D eigenvalue weighted by molar-refractivity contribution is 0.400. The van der Waals surface area contributed by atoms with Gasteiger partial charge in [-0.05, 0) is 25.2 Å². The largest absolute Gasteiger partial charge is 0.321 e. The van der Waals surface area contributed by atoms with Crippen LogP contribution in [0.3, 0.4) is 0 Å². The number of rotatable bonds is 4. The Kier molecular flexibility index (Phi) is 3.28. The van der Waals surface area contributed by atoms with Gasteiger partial charge in [-0.15, -0.1) is 0 Å². The Bertz CT molecular complexity index is 352. The lowest BCUT2D eigenvalue weighted by atomic mass is 9.85. The molecule has 1 aromatic heterocycles. The summed E-state index contributed by atoms with van der Waals surface area (Å²) in [5.41, 5.74) is 6.15. The Labute approximate surface area is 97.2 Å². The molecule has 1 atom stereocenters. The predicted molar refractivity (Wildman–Crippen MR) is 64.0 cm³/mol. The molecule has 0 unspecified atom stereocenters. The van der Waals surface area contributed by atoms with Crippen LogP contribution in [0, 0.1) is 5.92 Å². The second-order valence-electron chi connectivity index (χ2n) is 5.32. The molecule has 0 bridgehead atoms. The topological polar surface area (TPSA) is 56.7 Å². The quantitative estimate of drug-likeness (QED) is 0.849. The average Bonchev–Trinajstić information content (AvgIpc) is 2.42. The van der Waals surface area contributed by atoms with Gasteiger partial charge < -0.3 is 5.73 Å². The highest BCUT2D eigenvalue weighted by Gasteiger charge is 2.25. The molecule has 4 heteroatoms. The van der Waals surface area contributed by atoms with Gasteiger partial charge in [-0.1, -0.05) is 20.3 Å². The van der Waals surface area contributed by atoms with Crippen LogP contribution in [-0.4, -0.2) is 14.8 Å². The van der Waals surface area contributed by atoms with Crippen LogP contribution >= 0.6 is 0 Å². The van der Waals surface area contributed by atoms with Crippen LogP contribution in [0.25, 0.3) is 0 Å². The van der Waals surface area contributed by atoms with E-state index >= 15 is 0 Å². The highest BCUT2D eigenvalue weighted by molar-refractivity contribution is 5.05. The summed E-state index contributed by atoms with van der Waals surface area (Å²) in [6.07, 6.45) is 4.76. The summed E-state index contributed by atoms with van der Waals surface area (Å²) in [6, 6.07) is 0.0197. The second kappa shape index (κ2) is 4.53. The maximum atomic E-state index is 6.15. The van der Waals surface area contributed by atoms with Crippen LogP contribution in [0.2, 0.25) is 0 Å². The van der Waals surface area contributed by atoms with E-state index < -0.39 is 0 Å². The normalized spacial score (nSPS) is 18.8. The van der Waals surface area contributed by atoms with Crippen molar-refractivity contribution in [2.75, 3.05) is 0 Å². The molecule has 0 spiro atoms. The number of hydrogen-bond donors (Lipinski definition) is 1. The fourth-order valence-corrected chi connectivity index (χ4v) is 2.19. The molecule has 16 heavy (non-hydrogen) atoms. The number of aromatic nitrogens is 3. The van der Waals surface area contributed by atoms with Crippen molar-refractivity contribution in [3.63, 3.8) is 0 Å². The van der Waals surface area contributed by atoms with Gasteiger partial charge >= 0.3 is 0 Å². The molecule has 0 radical (unpaired) electrons. The third kappa shape index (κ3) is 2.26. The third-order valence-electron chi connectivity index (χ3n) is 3.34. The summed E-state index contributed by atoms with van der Waals surface area (Å²) in [5.74, 6) is 3.13. The number of nitrogens with two attached hydrogens (primary N) is 1. The van der Waals surface area contributed by atoms with Gasteiger partial charge in [0.1, 0.15) is 5.82 Å². The average molecular weight is 222 g/mol. The minimum absolute atomic E-state index is 0.0197. The first-order valence-corrected chi connectivity index (χ1v) is 6.24. The molecule has 1 aliphatic rings. The van der Waals surface area contributed by atoms with E-state index in [4.69, 9.17) is 5.73 Å². The molecule has 0 amide bonds. The van der Waals surface area contributed by atoms with Gasteiger partial charge in [0.05, 0.1) is 6.04 Å². The molecule has 1 aliphatic carbocycles. The first-order valence-electron chi connectivity index (χ1n) is 6.24. The SMILES string of the molecule is CC(C)C[C@@H](N)c1nc(C2CCC2)nn1C. The van der Waals surface area contributed by atoms with Crippen molar-refractivity contribution in [2.24, 2.45) is 18.7 Å². The highest BCUT2D eigenvalue weighted by atomic mass is 15.3. The summed E-state index contributed by atoms with van der Waals surface area (Å²) < 4.78 is 1.86. The Morgan fingerprint density at radius 1 is 1.44 bits per heavy atom. The van der Waals surface area contributed by atoms with Crippen LogP contribution in [-0.2, 0) is 7.05 Å². The van der Waals surface area contributed by atoms with Crippen LogP contribution in [0.4, 0.5) is 0 Å². The molecule has 90 valence electrons. The van der Waals surface area contributed by atoms with Crippen LogP contribution in [0.15, 0.2) is 0 Å². The summed E-state index contributed by atoms with van der Waals surface area (Å²) in [6.45, 7) is 4.37. The van der Waals surface area contributed by atoms with E-state index in [1.54, 1.807) is 0 Å². The van der Waals surface area contributed by atoms with Crippen LogP contribution in [0.5, 0.6) is 0 Å². The molecule has 4 nitrogen and oxygen atoms in total. The summed E-state index contributed by atoms with van der Waals surface area (Å²) in [4.78, 5) is 4.61. The third-order valence-corrected chi connectivity index (χ3v) is 3.34. The Balaban J connectivity index is 2.10. The van der Waals surface area contributed by atoms with Crippen molar-refractivity contribution >= 4 is 0 Å². The van der Waals surface area contributed by atoms with Crippen molar-refractivity contribution in [1.29, 1.82) is 0 Å². The molecular weight excluding hydrogens is 200 g/mol. The maximum absolute atomic E-state index is 6.15. The highest BCUT2D eigenvalue weighted by Crippen LogP contribution is 2.34. The molecular formula is C12H22N4. The van der Waals surface area contributed by atoms with Crippen molar-refractivity contribution in [3.8, 4) is 0 Å². The first kappa shape index (κ1) is 11.6. The van der Waals surface area contributed by atoms with Crippen LogP contribution < -0.4 is 5.73 Å². The van der Waals surface area contributed by atoms with E-state index in [9.17, 15) is 0 Å². The van der Waals surface area contributed by atoms with E-state index in [0.29, 0.717) is 11.8 Å². The van der Waals surface area contributed by atoms with Gasteiger partial charge in [-0.3, -0.25) is 4.68 Å². The lowest BCUT2D eigenvalue weighted by Crippen LogP contribution is -2.17. The van der Waals surface area contributed by atoms with Gasteiger partial charge in [0.25, 0.3) is 0 Å². The van der Waals surface area contributed by atoms with Gasteiger partial charge in [-0.2, -0.15) is 5.10 Å². The number of hydrogen-bond acceptors (Lipinski definition) is 3. The minimum atomic E-state index is 0.0197. The number of aryl methyl sites for hydroxylation is 1. The van der Waals surface area contributed by atoms with Crippen molar-refractivity contribution < 1.29 is 0 Å². The maximum Gasteiger partial charge on any atom is 0.154 e. The fraction of sp³-hybridized carbons (Fsp3) is 0.833. The summed E-state index contributed by atoms with van der Waals surface area (Å²) in [5, 5.41) is 4.49. The zero-order chi connectivity index (χ0) is 11.7. The zero-order valence-electron chi connectivity index (χ0n) is 10.5. The first-order chi connectivity index (χ1) is 7.58. The van der Waals surface area contributed by atoms with Gasteiger partial charge in [0.2, 0.25) is 0 Å². The Hall–Kier alpha value is -0.900. The molecule has 0 aromatic carbocycles.